The summed E-state index contributed by atoms with van der Waals surface area (Å²) in [7, 11) is 1.60. The highest BCUT2D eigenvalue weighted by molar-refractivity contribution is 7.13. The normalized spacial score (nSPS) is 11.8. The fourth-order valence-electron chi connectivity index (χ4n) is 2.48. The van der Waals surface area contributed by atoms with Gasteiger partial charge in [0, 0.05) is 16.5 Å². The first-order valence-electron chi connectivity index (χ1n) is 7.73. The van der Waals surface area contributed by atoms with Gasteiger partial charge in [-0.05, 0) is 37.3 Å². The molecule has 1 heterocycles. The highest BCUT2D eigenvalue weighted by atomic mass is 32.1. The molecule has 1 atom stereocenters. The number of benzene rings is 2. The van der Waals surface area contributed by atoms with E-state index < -0.39 is 0 Å². The van der Waals surface area contributed by atoms with Crippen LogP contribution in [0.1, 0.15) is 29.0 Å². The summed E-state index contributed by atoms with van der Waals surface area (Å²) >= 11 is 1.35. The second-order valence-electron chi connectivity index (χ2n) is 5.48. The molecular weight excluding hydrogens is 339 g/mol. The summed E-state index contributed by atoms with van der Waals surface area (Å²) < 4.78 is 18.3. The van der Waals surface area contributed by atoms with Crippen LogP contribution in [0.25, 0.3) is 10.6 Å². The molecule has 128 valence electrons. The smallest absolute Gasteiger partial charge is 0.271 e. The minimum absolute atomic E-state index is 0.223. The number of amides is 1. The molecular formula is C19H17FN2O2S. The Labute approximate surface area is 149 Å². The van der Waals surface area contributed by atoms with Gasteiger partial charge in [0.1, 0.15) is 22.3 Å². The van der Waals surface area contributed by atoms with Crippen LogP contribution in [0, 0.1) is 5.82 Å². The van der Waals surface area contributed by atoms with Gasteiger partial charge >= 0.3 is 0 Å². The molecule has 0 saturated carbocycles. The highest BCUT2D eigenvalue weighted by Gasteiger charge is 2.17. The minimum atomic E-state index is -0.302. The van der Waals surface area contributed by atoms with Gasteiger partial charge in [-0.25, -0.2) is 9.37 Å². The third-order valence-electron chi connectivity index (χ3n) is 3.78. The molecule has 3 rings (SSSR count). The van der Waals surface area contributed by atoms with Gasteiger partial charge in [-0.2, -0.15) is 0 Å². The second kappa shape index (κ2) is 7.44. The van der Waals surface area contributed by atoms with E-state index in [0.717, 1.165) is 16.9 Å². The number of para-hydroxylation sites is 1. The van der Waals surface area contributed by atoms with Gasteiger partial charge in [-0.3, -0.25) is 4.79 Å². The molecule has 0 aliphatic heterocycles. The zero-order valence-corrected chi connectivity index (χ0v) is 14.6. The number of hydrogen-bond acceptors (Lipinski definition) is 4. The van der Waals surface area contributed by atoms with Crippen LogP contribution in [0.4, 0.5) is 4.39 Å². The van der Waals surface area contributed by atoms with Crippen molar-refractivity contribution in [3.8, 4) is 16.3 Å². The SMILES string of the molecule is COc1ccccc1[C@H](C)NC(=O)c1csc(-c2ccc(F)cc2)n1. The number of rotatable bonds is 5. The Kier molecular flexibility index (Phi) is 5.09. The maximum atomic E-state index is 13.0. The molecule has 0 bridgehead atoms. The van der Waals surface area contributed by atoms with Crippen LogP contribution in [0.15, 0.2) is 53.9 Å². The fraction of sp³-hybridized carbons (Fsp3) is 0.158. The van der Waals surface area contributed by atoms with Crippen molar-refractivity contribution < 1.29 is 13.9 Å². The monoisotopic (exact) mass is 356 g/mol. The standard InChI is InChI=1S/C19H17FN2O2S/c1-12(15-5-3-4-6-17(15)24-2)21-18(23)16-11-25-19(22-16)13-7-9-14(20)10-8-13/h3-12H,1-2H3,(H,21,23)/t12-/m0/s1. The maximum absolute atomic E-state index is 13.0. The quantitative estimate of drug-likeness (QED) is 0.735. The van der Waals surface area contributed by atoms with Crippen molar-refractivity contribution in [2.75, 3.05) is 7.11 Å². The number of nitrogens with zero attached hydrogens (tertiary/aromatic N) is 1. The summed E-state index contributed by atoms with van der Waals surface area (Å²) in [5.41, 5.74) is 2.02. The summed E-state index contributed by atoms with van der Waals surface area (Å²) in [6, 6.07) is 13.4. The summed E-state index contributed by atoms with van der Waals surface area (Å²) in [5, 5.41) is 5.30. The van der Waals surface area contributed by atoms with Crippen molar-refractivity contribution in [1.29, 1.82) is 0 Å². The highest BCUT2D eigenvalue weighted by Crippen LogP contribution is 2.26. The van der Waals surface area contributed by atoms with Gasteiger partial charge in [0.15, 0.2) is 0 Å². The van der Waals surface area contributed by atoms with Gasteiger partial charge in [0.05, 0.1) is 13.2 Å². The lowest BCUT2D eigenvalue weighted by atomic mass is 10.1. The van der Waals surface area contributed by atoms with Crippen molar-refractivity contribution >= 4 is 17.2 Å². The minimum Gasteiger partial charge on any atom is -0.496 e. The fourth-order valence-corrected chi connectivity index (χ4v) is 3.28. The van der Waals surface area contributed by atoms with Crippen molar-refractivity contribution in [2.24, 2.45) is 0 Å². The van der Waals surface area contributed by atoms with Crippen LogP contribution < -0.4 is 10.1 Å². The summed E-state index contributed by atoms with van der Waals surface area (Å²) in [5.74, 6) is 0.160. The van der Waals surface area contributed by atoms with Gasteiger partial charge in [-0.15, -0.1) is 11.3 Å². The zero-order valence-electron chi connectivity index (χ0n) is 13.8. The third kappa shape index (κ3) is 3.85. The van der Waals surface area contributed by atoms with Gasteiger partial charge in [0.2, 0.25) is 0 Å². The zero-order chi connectivity index (χ0) is 17.8. The Balaban J connectivity index is 1.74. The van der Waals surface area contributed by atoms with Crippen LogP contribution in [0.2, 0.25) is 0 Å². The Morgan fingerprint density at radius 1 is 1.20 bits per heavy atom. The van der Waals surface area contributed by atoms with Crippen LogP contribution in [-0.2, 0) is 0 Å². The molecule has 0 unspecified atom stereocenters. The summed E-state index contributed by atoms with van der Waals surface area (Å²) in [6.07, 6.45) is 0. The molecule has 1 amide bonds. The van der Waals surface area contributed by atoms with E-state index in [-0.39, 0.29) is 17.8 Å². The van der Waals surface area contributed by atoms with E-state index in [1.807, 2.05) is 31.2 Å². The van der Waals surface area contributed by atoms with Crippen LogP contribution in [-0.4, -0.2) is 18.0 Å². The Morgan fingerprint density at radius 2 is 1.92 bits per heavy atom. The number of carbonyl (C=O) groups excluding carboxylic acids is 1. The number of ether oxygens (including phenoxy) is 1. The van der Waals surface area contributed by atoms with E-state index in [2.05, 4.69) is 10.3 Å². The molecule has 0 aliphatic rings. The first kappa shape index (κ1) is 17.1. The molecule has 6 heteroatoms. The molecule has 2 aromatic carbocycles. The lowest BCUT2D eigenvalue weighted by molar-refractivity contribution is 0.0935. The molecule has 1 aromatic heterocycles. The molecule has 1 N–H and O–H groups in total. The van der Waals surface area contributed by atoms with E-state index >= 15 is 0 Å². The first-order valence-corrected chi connectivity index (χ1v) is 8.61. The van der Waals surface area contributed by atoms with E-state index in [4.69, 9.17) is 4.74 Å². The third-order valence-corrected chi connectivity index (χ3v) is 4.67. The average molecular weight is 356 g/mol. The molecule has 0 radical (unpaired) electrons. The second-order valence-corrected chi connectivity index (χ2v) is 6.34. The molecule has 0 spiro atoms. The van der Waals surface area contributed by atoms with E-state index in [0.29, 0.717) is 10.7 Å². The van der Waals surface area contributed by atoms with Crippen molar-refractivity contribution in [3.05, 3.63) is 71.0 Å². The van der Waals surface area contributed by atoms with Crippen molar-refractivity contribution in [1.82, 2.24) is 10.3 Å². The predicted molar refractivity (Wildman–Crippen MR) is 96.4 cm³/mol. The van der Waals surface area contributed by atoms with Gasteiger partial charge in [0.25, 0.3) is 5.91 Å². The van der Waals surface area contributed by atoms with E-state index in [1.165, 1.54) is 23.5 Å². The van der Waals surface area contributed by atoms with Crippen LogP contribution >= 0.6 is 11.3 Å². The van der Waals surface area contributed by atoms with Crippen LogP contribution in [0.5, 0.6) is 5.75 Å². The average Bonchev–Trinajstić information content (AvgIpc) is 3.12. The maximum Gasteiger partial charge on any atom is 0.271 e. The van der Waals surface area contributed by atoms with Gasteiger partial charge < -0.3 is 10.1 Å². The Morgan fingerprint density at radius 3 is 2.64 bits per heavy atom. The molecule has 0 aliphatic carbocycles. The summed E-state index contributed by atoms with van der Waals surface area (Å²) in [4.78, 5) is 16.8. The van der Waals surface area contributed by atoms with Crippen LogP contribution in [0.3, 0.4) is 0 Å². The topological polar surface area (TPSA) is 51.2 Å². The van der Waals surface area contributed by atoms with Gasteiger partial charge in [-0.1, -0.05) is 18.2 Å². The lowest BCUT2D eigenvalue weighted by Crippen LogP contribution is -2.27. The first-order chi connectivity index (χ1) is 12.1. The lowest BCUT2D eigenvalue weighted by Gasteiger charge is -2.16. The Hall–Kier alpha value is -2.73. The number of halogens is 1. The molecule has 3 aromatic rings. The van der Waals surface area contributed by atoms with E-state index in [1.54, 1.807) is 24.6 Å². The molecule has 25 heavy (non-hydrogen) atoms. The van der Waals surface area contributed by atoms with E-state index in [9.17, 15) is 9.18 Å². The summed E-state index contributed by atoms with van der Waals surface area (Å²) in [6.45, 7) is 1.89. The van der Waals surface area contributed by atoms with Crippen molar-refractivity contribution in [3.63, 3.8) is 0 Å². The van der Waals surface area contributed by atoms with Crippen molar-refractivity contribution in [2.45, 2.75) is 13.0 Å². The number of hydrogen-bond donors (Lipinski definition) is 1. The number of carbonyl (C=O) groups is 1. The molecule has 0 fully saturated rings. The number of methoxy groups -OCH3 is 1. The number of aromatic nitrogens is 1. The molecule has 0 saturated heterocycles. The Bertz CT molecular complexity index is 877. The molecule has 4 nitrogen and oxygen atoms in total. The number of nitrogens with one attached hydrogen (secondary N) is 1. The largest absolute Gasteiger partial charge is 0.496 e. The predicted octanol–water partition coefficient (Wildman–Crippen LogP) is 4.45. The number of thiazole rings is 1.